The van der Waals surface area contributed by atoms with Crippen LogP contribution in [0.1, 0.15) is 16.2 Å². The first-order chi connectivity index (χ1) is 7.70. The molecule has 1 heterocycles. The highest BCUT2D eigenvalue weighted by molar-refractivity contribution is 5.89. The van der Waals surface area contributed by atoms with Gasteiger partial charge in [-0.15, -0.1) is 10.2 Å². The number of hydrogen-bond acceptors (Lipinski definition) is 5. The van der Waals surface area contributed by atoms with Gasteiger partial charge in [-0.1, -0.05) is 17.7 Å². The maximum atomic E-state index is 11.1. The molecule has 2 aromatic rings. The lowest BCUT2D eigenvalue weighted by Crippen LogP contribution is -2.30. The number of carbonyl (C=O) groups is 1. The maximum absolute atomic E-state index is 11.1. The second-order valence-corrected chi connectivity index (χ2v) is 3.25. The zero-order valence-corrected chi connectivity index (χ0v) is 8.60. The zero-order chi connectivity index (χ0) is 11.5. The van der Waals surface area contributed by atoms with Gasteiger partial charge in [-0.3, -0.25) is 10.2 Å². The Hall–Kier alpha value is -2.21. The van der Waals surface area contributed by atoms with Crippen molar-refractivity contribution in [1.29, 1.82) is 0 Å². The van der Waals surface area contributed by atoms with E-state index in [9.17, 15) is 4.79 Å². The summed E-state index contributed by atoms with van der Waals surface area (Å²) in [5.41, 5.74) is 3.81. The molecular weight excluding hydrogens is 208 g/mol. The fourth-order valence-electron chi connectivity index (χ4n) is 1.19. The second-order valence-electron chi connectivity index (χ2n) is 3.25. The third kappa shape index (κ3) is 1.91. The zero-order valence-electron chi connectivity index (χ0n) is 8.60. The molecule has 0 aliphatic heterocycles. The molecule has 0 saturated carbocycles. The number of hydrogen-bond donors (Lipinski definition) is 2. The van der Waals surface area contributed by atoms with Crippen molar-refractivity contribution in [3.05, 3.63) is 35.7 Å². The summed E-state index contributed by atoms with van der Waals surface area (Å²) in [5, 5.41) is 7.33. The van der Waals surface area contributed by atoms with E-state index in [1.165, 1.54) is 0 Å². The molecule has 0 spiro atoms. The first-order valence-corrected chi connectivity index (χ1v) is 4.62. The standard InChI is InChI=1S/C10H10N4O2/c1-6-2-4-7(5-3-6)9-13-14-10(16-9)8(15)12-11/h2-5H,11H2,1H3,(H,12,15). The summed E-state index contributed by atoms with van der Waals surface area (Å²) in [4.78, 5) is 11.1. The van der Waals surface area contributed by atoms with Crippen molar-refractivity contribution in [2.45, 2.75) is 6.92 Å². The topological polar surface area (TPSA) is 94.0 Å². The van der Waals surface area contributed by atoms with Crippen LogP contribution in [0.4, 0.5) is 0 Å². The number of nitrogens with two attached hydrogens (primary N) is 1. The molecule has 2 rings (SSSR count). The van der Waals surface area contributed by atoms with Crippen LogP contribution in [0.5, 0.6) is 0 Å². The quantitative estimate of drug-likeness (QED) is 0.438. The summed E-state index contributed by atoms with van der Waals surface area (Å²) in [6.45, 7) is 1.98. The van der Waals surface area contributed by atoms with Crippen molar-refractivity contribution in [3.8, 4) is 11.5 Å². The van der Waals surface area contributed by atoms with E-state index >= 15 is 0 Å². The molecule has 82 valence electrons. The molecule has 0 bridgehead atoms. The molecule has 0 radical (unpaired) electrons. The van der Waals surface area contributed by atoms with Gasteiger partial charge < -0.3 is 4.42 Å². The van der Waals surface area contributed by atoms with E-state index in [0.29, 0.717) is 5.89 Å². The van der Waals surface area contributed by atoms with E-state index in [0.717, 1.165) is 11.1 Å². The molecule has 0 unspecified atom stereocenters. The van der Waals surface area contributed by atoms with Crippen LogP contribution in [0.15, 0.2) is 28.7 Å². The van der Waals surface area contributed by atoms with Crippen molar-refractivity contribution >= 4 is 5.91 Å². The van der Waals surface area contributed by atoms with Crippen LogP contribution in [0.2, 0.25) is 0 Å². The molecule has 0 saturated heterocycles. The van der Waals surface area contributed by atoms with Crippen molar-refractivity contribution in [3.63, 3.8) is 0 Å². The fourth-order valence-corrected chi connectivity index (χ4v) is 1.19. The molecule has 1 aromatic heterocycles. The number of benzene rings is 1. The van der Waals surface area contributed by atoms with Crippen LogP contribution in [-0.4, -0.2) is 16.1 Å². The maximum Gasteiger partial charge on any atom is 0.322 e. The van der Waals surface area contributed by atoms with Gasteiger partial charge in [0.2, 0.25) is 5.89 Å². The smallest absolute Gasteiger partial charge is 0.322 e. The van der Waals surface area contributed by atoms with Crippen LogP contribution in [0, 0.1) is 6.92 Å². The predicted molar refractivity (Wildman–Crippen MR) is 56.1 cm³/mol. The number of hydrazine groups is 1. The minimum Gasteiger partial charge on any atom is -0.412 e. The largest absolute Gasteiger partial charge is 0.412 e. The third-order valence-corrected chi connectivity index (χ3v) is 2.05. The Balaban J connectivity index is 2.31. The van der Waals surface area contributed by atoms with Gasteiger partial charge in [0.15, 0.2) is 0 Å². The average molecular weight is 218 g/mol. The number of nitrogens with one attached hydrogen (secondary N) is 1. The lowest BCUT2D eigenvalue weighted by molar-refractivity contribution is 0.0919. The number of amides is 1. The SMILES string of the molecule is Cc1ccc(-c2nnc(C(=O)NN)o2)cc1. The van der Waals surface area contributed by atoms with Crippen LogP contribution < -0.4 is 11.3 Å². The summed E-state index contributed by atoms with van der Waals surface area (Å²) in [6, 6.07) is 7.52. The summed E-state index contributed by atoms with van der Waals surface area (Å²) < 4.78 is 5.15. The number of aromatic nitrogens is 2. The van der Waals surface area contributed by atoms with Crippen molar-refractivity contribution < 1.29 is 9.21 Å². The first-order valence-electron chi connectivity index (χ1n) is 4.62. The predicted octanol–water partition coefficient (Wildman–Crippen LogP) is 0.649. The van der Waals surface area contributed by atoms with E-state index < -0.39 is 5.91 Å². The minimum absolute atomic E-state index is 0.155. The highest BCUT2D eigenvalue weighted by Crippen LogP contribution is 2.17. The van der Waals surface area contributed by atoms with Crippen molar-refractivity contribution in [2.24, 2.45) is 5.84 Å². The minimum atomic E-state index is -0.606. The van der Waals surface area contributed by atoms with Crippen LogP contribution >= 0.6 is 0 Å². The molecular formula is C10H10N4O2. The molecule has 1 aromatic carbocycles. The molecule has 6 nitrogen and oxygen atoms in total. The van der Waals surface area contributed by atoms with Gasteiger partial charge in [0.1, 0.15) is 0 Å². The summed E-state index contributed by atoms with van der Waals surface area (Å²) >= 11 is 0. The number of nitrogen functional groups attached to an aromatic ring is 1. The molecule has 0 aliphatic carbocycles. The summed E-state index contributed by atoms with van der Waals surface area (Å²) in [6.07, 6.45) is 0. The summed E-state index contributed by atoms with van der Waals surface area (Å²) in [5.74, 6) is 4.47. The number of carbonyl (C=O) groups excluding carboxylic acids is 1. The third-order valence-electron chi connectivity index (χ3n) is 2.05. The summed E-state index contributed by atoms with van der Waals surface area (Å²) in [7, 11) is 0. The normalized spacial score (nSPS) is 10.1. The molecule has 0 aliphatic rings. The molecule has 1 amide bonds. The van der Waals surface area contributed by atoms with Gasteiger partial charge in [-0.2, -0.15) is 0 Å². The first kappa shape index (κ1) is 10.3. The fraction of sp³-hybridized carbons (Fsp3) is 0.100. The Morgan fingerprint density at radius 3 is 2.62 bits per heavy atom. The second kappa shape index (κ2) is 4.11. The van der Waals surface area contributed by atoms with Gasteiger partial charge in [0.05, 0.1) is 0 Å². The van der Waals surface area contributed by atoms with Gasteiger partial charge in [-0.05, 0) is 19.1 Å². The molecule has 0 fully saturated rings. The van der Waals surface area contributed by atoms with Gasteiger partial charge in [0, 0.05) is 5.56 Å². The van der Waals surface area contributed by atoms with Crippen molar-refractivity contribution in [2.75, 3.05) is 0 Å². The van der Waals surface area contributed by atoms with E-state index in [1.54, 1.807) is 0 Å². The van der Waals surface area contributed by atoms with Crippen molar-refractivity contribution in [1.82, 2.24) is 15.6 Å². The Morgan fingerprint density at radius 1 is 1.31 bits per heavy atom. The lowest BCUT2D eigenvalue weighted by Gasteiger charge is -1.95. The molecule has 3 N–H and O–H groups in total. The molecule has 6 heteroatoms. The number of rotatable bonds is 2. The van der Waals surface area contributed by atoms with Crippen LogP contribution in [0.3, 0.4) is 0 Å². The Kier molecular flexibility index (Phi) is 2.65. The van der Waals surface area contributed by atoms with E-state index in [4.69, 9.17) is 10.3 Å². The Morgan fingerprint density at radius 2 is 2.00 bits per heavy atom. The lowest BCUT2D eigenvalue weighted by atomic mass is 10.1. The highest BCUT2D eigenvalue weighted by atomic mass is 16.4. The van der Waals surface area contributed by atoms with Gasteiger partial charge in [-0.25, -0.2) is 5.84 Å². The van der Waals surface area contributed by atoms with Crippen LogP contribution in [0.25, 0.3) is 11.5 Å². The van der Waals surface area contributed by atoms with E-state index in [1.807, 2.05) is 36.6 Å². The van der Waals surface area contributed by atoms with Gasteiger partial charge >= 0.3 is 11.8 Å². The van der Waals surface area contributed by atoms with E-state index in [2.05, 4.69) is 10.2 Å². The molecule has 16 heavy (non-hydrogen) atoms. The number of nitrogens with zero attached hydrogens (tertiary/aromatic N) is 2. The van der Waals surface area contributed by atoms with Crippen LogP contribution in [-0.2, 0) is 0 Å². The molecule has 0 atom stereocenters. The highest BCUT2D eigenvalue weighted by Gasteiger charge is 2.14. The van der Waals surface area contributed by atoms with E-state index in [-0.39, 0.29) is 5.89 Å². The Labute approximate surface area is 91.4 Å². The monoisotopic (exact) mass is 218 g/mol. The van der Waals surface area contributed by atoms with Gasteiger partial charge in [0.25, 0.3) is 0 Å². The Bertz CT molecular complexity index is 504. The average Bonchev–Trinajstić information content (AvgIpc) is 2.78. The number of aryl methyl sites for hydroxylation is 1.